The van der Waals surface area contributed by atoms with E-state index in [0.29, 0.717) is 0 Å². The van der Waals surface area contributed by atoms with E-state index in [-0.39, 0.29) is 4.91 Å². The Balaban J connectivity index is 3.62. The average molecular weight is 349 g/mol. The predicted octanol–water partition coefficient (Wildman–Crippen LogP) is -0.701. The topological polar surface area (TPSA) is 150 Å². The summed E-state index contributed by atoms with van der Waals surface area (Å²) >= 11 is 0. The molecule has 0 heterocycles. The second-order valence-electron chi connectivity index (χ2n) is 5.76. The van der Waals surface area contributed by atoms with E-state index in [4.69, 9.17) is 11.5 Å². The summed E-state index contributed by atoms with van der Waals surface area (Å²) in [7, 11) is -7.64. The van der Waals surface area contributed by atoms with Gasteiger partial charge in [0, 0.05) is 12.5 Å². The molecule has 0 aliphatic heterocycles. The molecule has 4 N–H and O–H groups in total. The number of sulfone groups is 2. The molecule has 0 spiro atoms. The van der Waals surface area contributed by atoms with Crippen molar-refractivity contribution in [3.8, 4) is 0 Å². The lowest BCUT2D eigenvalue weighted by atomic mass is 9.75. The van der Waals surface area contributed by atoms with Crippen molar-refractivity contribution in [3.63, 3.8) is 0 Å². The van der Waals surface area contributed by atoms with E-state index < -0.39 is 47.8 Å². The monoisotopic (exact) mass is 349 g/mol. The number of allylic oxidation sites excluding steroid dienone is 1. The number of guanidine groups is 1. The van der Waals surface area contributed by atoms with Gasteiger partial charge >= 0.3 is 0 Å². The second-order valence-corrected chi connectivity index (χ2v) is 9.73. The summed E-state index contributed by atoms with van der Waals surface area (Å²) in [6, 6.07) is 0. The normalized spacial score (nSPS) is 21.5. The highest BCUT2D eigenvalue weighted by Crippen LogP contribution is 2.41. The van der Waals surface area contributed by atoms with E-state index >= 15 is 0 Å². The third-order valence-electron chi connectivity index (χ3n) is 3.17. The molecule has 0 aromatic heterocycles. The third-order valence-corrected chi connectivity index (χ3v) is 5.59. The molecule has 0 saturated heterocycles. The van der Waals surface area contributed by atoms with Gasteiger partial charge in [0.15, 0.2) is 25.6 Å². The van der Waals surface area contributed by atoms with Crippen LogP contribution in [-0.4, -0.2) is 41.2 Å². The molecule has 1 atom stereocenters. The number of aliphatic imine (C=N–C) groups is 1. The van der Waals surface area contributed by atoms with E-state index in [1.54, 1.807) is 13.8 Å². The lowest BCUT2D eigenvalue weighted by Crippen LogP contribution is -2.34. The van der Waals surface area contributed by atoms with Gasteiger partial charge in [-0.1, -0.05) is 26.0 Å². The van der Waals surface area contributed by atoms with Crippen LogP contribution in [0.4, 0.5) is 0 Å². The Morgan fingerprint density at radius 3 is 1.91 bits per heavy atom. The van der Waals surface area contributed by atoms with Gasteiger partial charge in [0.05, 0.1) is 15.7 Å². The molecular formula is C12H19N3O5S2. The summed E-state index contributed by atoms with van der Waals surface area (Å²) in [5, 5.41) is 0. The smallest absolute Gasteiger partial charge is 0.256 e. The molecule has 1 rings (SSSR count). The van der Waals surface area contributed by atoms with Crippen LogP contribution in [-0.2, 0) is 24.5 Å². The molecule has 0 radical (unpaired) electrons. The quantitative estimate of drug-likeness (QED) is 0.505. The number of carbonyl (C=O) groups is 1. The molecule has 1 amide bonds. The maximum absolute atomic E-state index is 12.1. The Morgan fingerprint density at radius 1 is 1.09 bits per heavy atom. The van der Waals surface area contributed by atoms with Crippen LogP contribution in [0.3, 0.4) is 0 Å². The maximum atomic E-state index is 12.1. The number of rotatable bonds is 3. The fourth-order valence-corrected chi connectivity index (χ4v) is 4.80. The highest BCUT2D eigenvalue weighted by atomic mass is 32.2. The van der Waals surface area contributed by atoms with Gasteiger partial charge in [-0.15, -0.1) is 0 Å². The van der Waals surface area contributed by atoms with Crippen LogP contribution in [0.2, 0.25) is 0 Å². The van der Waals surface area contributed by atoms with Crippen LogP contribution in [0.1, 0.15) is 13.8 Å². The van der Waals surface area contributed by atoms with Crippen molar-refractivity contribution >= 4 is 31.5 Å². The van der Waals surface area contributed by atoms with Gasteiger partial charge in [-0.25, -0.2) is 16.8 Å². The van der Waals surface area contributed by atoms with E-state index in [1.165, 1.54) is 6.08 Å². The molecule has 1 aliphatic carbocycles. The standard InChI is InChI=1S/C12H19N3O5S2/c1-12(2)6-9(22(4,19)20)8(21(3,17)18)5-7(12)10(16)15-11(13)14/h5-7H,1-4H3,(H4,13,14,15,16). The second kappa shape index (κ2) is 5.51. The van der Waals surface area contributed by atoms with Gasteiger partial charge in [0.2, 0.25) is 0 Å². The summed E-state index contributed by atoms with van der Waals surface area (Å²) in [5.74, 6) is -2.19. The van der Waals surface area contributed by atoms with Gasteiger partial charge in [0.1, 0.15) is 0 Å². The van der Waals surface area contributed by atoms with E-state index in [2.05, 4.69) is 4.99 Å². The lowest BCUT2D eigenvalue weighted by molar-refractivity contribution is -0.122. The van der Waals surface area contributed by atoms with E-state index in [1.807, 2.05) is 0 Å². The van der Waals surface area contributed by atoms with Crippen molar-refractivity contribution in [1.29, 1.82) is 0 Å². The Morgan fingerprint density at radius 2 is 1.55 bits per heavy atom. The summed E-state index contributed by atoms with van der Waals surface area (Å²) in [6.07, 6.45) is 4.13. The van der Waals surface area contributed by atoms with E-state index in [9.17, 15) is 21.6 Å². The van der Waals surface area contributed by atoms with Gasteiger partial charge in [0.25, 0.3) is 5.91 Å². The molecule has 8 nitrogen and oxygen atoms in total. The first-order valence-electron chi connectivity index (χ1n) is 6.15. The SMILES string of the molecule is CC1(C)C=C(S(C)(=O)=O)C(S(C)(=O)=O)=CC1C(=O)N=C(N)N. The number of hydrogen-bond acceptors (Lipinski definition) is 5. The van der Waals surface area contributed by atoms with Gasteiger partial charge in [-0.2, -0.15) is 4.99 Å². The fraction of sp³-hybridized carbons (Fsp3) is 0.500. The first-order valence-corrected chi connectivity index (χ1v) is 9.93. The van der Waals surface area contributed by atoms with Gasteiger partial charge < -0.3 is 11.5 Å². The average Bonchev–Trinajstić information content (AvgIpc) is 2.22. The number of nitrogens with two attached hydrogens (primary N) is 2. The van der Waals surface area contributed by atoms with Crippen LogP contribution in [0.25, 0.3) is 0 Å². The summed E-state index contributed by atoms with van der Waals surface area (Å²) < 4.78 is 47.5. The zero-order valence-corrected chi connectivity index (χ0v) is 14.3. The minimum absolute atomic E-state index is 0.325. The minimum Gasteiger partial charge on any atom is -0.370 e. The fourth-order valence-electron chi connectivity index (χ4n) is 2.13. The Hall–Kier alpha value is -1.68. The minimum atomic E-state index is -3.85. The van der Waals surface area contributed by atoms with Gasteiger partial charge in [-0.05, 0) is 5.41 Å². The molecule has 0 fully saturated rings. The van der Waals surface area contributed by atoms with Crippen molar-refractivity contribution in [2.45, 2.75) is 13.8 Å². The number of amides is 1. The predicted molar refractivity (Wildman–Crippen MR) is 83.9 cm³/mol. The number of nitrogens with zero attached hydrogens (tertiary/aromatic N) is 1. The molecule has 0 bridgehead atoms. The molecule has 0 aromatic carbocycles. The molecule has 22 heavy (non-hydrogen) atoms. The van der Waals surface area contributed by atoms with Crippen molar-refractivity contribution in [3.05, 3.63) is 22.0 Å². The Bertz CT molecular complexity index is 798. The highest BCUT2D eigenvalue weighted by Gasteiger charge is 2.40. The largest absolute Gasteiger partial charge is 0.370 e. The summed E-state index contributed by atoms with van der Waals surface area (Å²) in [6.45, 7) is 3.19. The first-order chi connectivity index (χ1) is 9.66. The molecule has 0 saturated carbocycles. The number of carbonyl (C=O) groups excluding carboxylic acids is 1. The Kier molecular flexibility index (Phi) is 4.60. The molecule has 1 aliphatic rings. The molecular weight excluding hydrogens is 330 g/mol. The molecule has 10 heteroatoms. The zero-order chi connectivity index (χ0) is 17.5. The van der Waals surface area contributed by atoms with Gasteiger partial charge in [-0.3, -0.25) is 4.79 Å². The number of hydrogen-bond donors (Lipinski definition) is 2. The van der Waals surface area contributed by atoms with Crippen molar-refractivity contribution in [1.82, 2.24) is 0 Å². The summed E-state index contributed by atoms with van der Waals surface area (Å²) in [5.41, 5.74) is 9.35. The van der Waals surface area contributed by atoms with Crippen LogP contribution >= 0.6 is 0 Å². The maximum Gasteiger partial charge on any atom is 0.256 e. The van der Waals surface area contributed by atoms with Crippen LogP contribution in [0, 0.1) is 11.3 Å². The Labute approximate surface area is 129 Å². The van der Waals surface area contributed by atoms with Crippen LogP contribution in [0.15, 0.2) is 27.0 Å². The molecule has 0 aromatic rings. The molecule has 124 valence electrons. The van der Waals surface area contributed by atoms with Crippen molar-refractivity contribution in [2.24, 2.45) is 27.8 Å². The zero-order valence-electron chi connectivity index (χ0n) is 12.7. The first kappa shape index (κ1) is 18.4. The summed E-state index contributed by atoms with van der Waals surface area (Å²) in [4.78, 5) is 14.8. The van der Waals surface area contributed by atoms with Crippen LogP contribution < -0.4 is 11.5 Å². The van der Waals surface area contributed by atoms with E-state index in [0.717, 1.165) is 18.6 Å². The van der Waals surface area contributed by atoms with Crippen molar-refractivity contribution in [2.75, 3.05) is 12.5 Å². The van der Waals surface area contributed by atoms with Crippen molar-refractivity contribution < 1.29 is 21.6 Å². The molecule has 1 unspecified atom stereocenters. The highest BCUT2D eigenvalue weighted by molar-refractivity contribution is 8.00. The van der Waals surface area contributed by atoms with Crippen LogP contribution in [0.5, 0.6) is 0 Å². The third kappa shape index (κ3) is 3.95. The lowest BCUT2D eigenvalue weighted by Gasteiger charge is -2.32.